The zero-order valence-corrected chi connectivity index (χ0v) is 16.9. The number of nitrogens with one attached hydrogen (secondary N) is 1. The van der Waals surface area contributed by atoms with Crippen LogP contribution in [0, 0.1) is 5.92 Å². The van der Waals surface area contributed by atoms with Gasteiger partial charge in [-0.15, -0.1) is 0 Å². The van der Waals surface area contributed by atoms with E-state index < -0.39 is 0 Å². The molecule has 0 saturated carbocycles. The second-order valence-corrected chi connectivity index (χ2v) is 7.85. The fraction of sp³-hybridized carbons (Fsp3) is 0.500. The third kappa shape index (κ3) is 7.61. The van der Waals surface area contributed by atoms with Crippen LogP contribution >= 0.6 is 0 Å². The molecule has 0 radical (unpaired) electrons. The van der Waals surface area contributed by atoms with Crippen molar-refractivity contribution in [3.63, 3.8) is 0 Å². The van der Waals surface area contributed by atoms with Crippen molar-refractivity contribution >= 4 is 0 Å². The predicted molar refractivity (Wildman–Crippen MR) is 112 cm³/mol. The van der Waals surface area contributed by atoms with Gasteiger partial charge in [-0.25, -0.2) is 0 Å². The quantitative estimate of drug-likeness (QED) is 0.487. The first-order valence-corrected chi connectivity index (χ1v) is 10.1. The molecule has 0 aliphatic carbocycles. The molecule has 0 saturated heterocycles. The second kappa shape index (κ2) is 11.0. The monoisotopic (exact) mass is 353 g/mol. The lowest BCUT2D eigenvalue weighted by Crippen LogP contribution is -2.17. The van der Waals surface area contributed by atoms with Gasteiger partial charge in [-0.2, -0.15) is 0 Å². The van der Waals surface area contributed by atoms with Crippen LogP contribution < -0.4 is 10.1 Å². The third-order valence-electron chi connectivity index (χ3n) is 4.66. The van der Waals surface area contributed by atoms with Crippen LogP contribution in [-0.4, -0.2) is 12.6 Å². The average Bonchev–Trinajstić information content (AvgIpc) is 2.62. The van der Waals surface area contributed by atoms with Crippen molar-refractivity contribution in [2.45, 2.75) is 65.5 Å². The van der Waals surface area contributed by atoms with Gasteiger partial charge in [0.2, 0.25) is 0 Å². The Kier molecular flexibility index (Phi) is 8.70. The Morgan fingerprint density at radius 1 is 0.808 bits per heavy atom. The van der Waals surface area contributed by atoms with Gasteiger partial charge >= 0.3 is 0 Å². The van der Waals surface area contributed by atoms with Gasteiger partial charge in [0.1, 0.15) is 5.75 Å². The normalized spacial score (nSPS) is 12.5. The molecule has 0 spiro atoms. The van der Waals surface area contributed by atoms with Crippen molar-refractivity contribution in [2.24, 2.45) is 5.92 Å². The highest BCUT2D eigenvalue weighted by molar-refractivity contribution is 5.29. The summed E-state index contributed by atoms with van der Waals surface area (Å²) in [5, 5.41) is 3.60. The van der Waals surface area contributed by atoms with Crippen molar-refractivity contribution < 1.29 is 4.74 Å². The van der Waals surface area contributed by atoms with Crippen molar-refractivity contribution in [3.05, 3.63) is 65.7 Å². The smallest absolute Gasteiger partial charge is 0.119 e. The lowest BCUT2D eigenvalue weighted by molar-refractivity contribution is 0.242. The maximum Gasteiger partial charge on any atom is 0.119 e. The lowest BCUT2D eigenvalue weighted by Gasteiger charge is -2.20. The van der Waals surface area contributed by atoms with Gasteiger partial charge in [0, 0.05) is 6.54 Å². The van der Waals surface area contributed by atoms with E-state index in [0.29, 0.717) is 5.92 Å². The van der Waals surface area contributed by atoms with Crippen LogP contribution in [-0.2, 0) is 6.54 Å². The maximum absolute atomic E-state index is 5.78. The standard InChI is InChI=1S/C24H35NO/c1-19(2)10-11-23(16-17-25-18-21-8-6-5-7-9-21)22-12-14-24(15-13-22)26-20(3)4/h5-9,12-15,19-20,23,25H,10-11,16-18H2,1-4H3. The van der Waals surface area contributed by atoms with E-state index in [1.807, 2.05) is 0 Å². The number of rotatable bonds is 11. The highest BCUT2D eigenvalue weighted by Gasteiger charge is 2.13. The number of hydrogen-bond acceptors (Lipinski definition) is 2. The summed E-state index contributed by atoms with van der Waals surface area (Å²) in [6, 6.07) is 19.4. The minimum absolute atomic E-state index is 0.222. The van der Waals surface area contributed by atoms with E-state index in [0.717, 1.165) is 24.8 Å². The van der Waals surface area contributed by atoms with Crippen LogP contribution in [0.3, 0.4) is 0 Å². The molecule has 1 unspecified atom stereocenters. The van der Waals surface area contributed by atoms with E-state index in [1.54, 1.807) is 0 Å². The molecule has 0 heterocycles. The Bertz CT molecular complexity index is 604. The molecule has 2 aromatic carbocycles. The van der Waals surface area contributed by atoms with Gasteiger partial charge in [0.05, 0.1) is 6.10 Å². The Morgan fingerprint density at radius 3 is 2.12 bits per heavy atom. The second-order valence-electron chi connectivity index (χ2n) is 7.85. The molecule has 26 heavy (non-hydrogen) atoms. The Hall–Kier alpha value is -1.80. The van der Waals surface area contributed by atoms with E-state index in [4.69, 9.17) is 4.74 Å². The molecule has 1 atom stereocenters. The number of ether oxygens (including phenoxy) is 1. The molecular formula is C24H35NO. The van der Waals surface area contributed by atoms with Gasteiger partial charge in [0.15, 0.2) is 0 Å². The lowest BCUT2D eigenvalue weighted by atomic mass is 9.88. The molecule has 0 bridgehead atoms. The first-order valence-electron chi connectivity index (χ1n) is 10.1. The van der Waals surface area contributed by atoms with Crippen LogP contribution in [0.2, 0.25) is 0 Å². The third-order valence-corrected chi connectivity index (χ3v) is 4.66. The summed E-state index contributed by atoms with van der Waals surface area (Å²) in [6.45, 7) is 10.7. The zero-order valence-electron chi connectivity index (χ0n) is 16.9. The zero-order chi connectivity index (χ0) is 18.8. The van der Waals surface area contributed by atoms with E-state index in [2.05, 4.69) is 87.6 Å². The molecule has 2 heteroatoms. The molecule has 0 aromatic heterocycles. The van der Waals surface area contributed by atoms with Gasteiger partial charge in [-0.1, -0.05) is 62.7 Å². The molecule has 0 aliphatic heterocycles. The molecule has 0 amide bonds. The molecule has 2 rings (SSSR count). The Morgan fingerprint density at radius 2 is 1.50 bits per heavy atom. The Labute approximate surface area is 160 Å². The molecule has 2 aromatic rings. The largest absolute Gasteiger partial charge is 0.491 e. The summed E-state index contributed by atoms with van der Waals surface area (Å²) >= 11 is 0. The molecule has 1 N–H and O–H groups in total. The van der Waals surface area contributed by atoms with Crippen LogP contribution in [0.4, 0.5) is 0 Å². The Balaban J connectivity index is 1.89. The van der Waals surface area contributed by atoms with Gasteiger partial charge in [0.25, 0.3) is 0 Å². The van der Waals surface area contributed by atoms with E-state index in [1.165, 1.54) is 30.4 Å². The van der Waals surface area contributed by atoms with Crippen molar-refractivity contribution in [1.82, 2.24) is 5.32 Å². The minimum Gasteiger partial charge on any atom is -0.491 e. The first kappa shape index (κ1) is 20.5. The highest BCUT2D eigenvalue weighted by Crippen LogP contribution is 2.28. The van der Waals surface area contributed by atoms with E-state index >= 15 is 0 Å². The molecule has 0 fully saturated rings. The molecule has 2 nitrogen and oxygen atoms in total. The summed E-state index contributed by atoms with van der Waals surface area (Å²) in [4.78, 5) is 0. The van der Waals surface area contributed by atoms with E-state index in [9.17, 15) is 0 Å². The summed E-state index contributed by atoms with van der Waals surface area (Å²) < 4.78 is 5.78. The molecular weight excluding hydrogens is 318 g/mol. The molecule has 0 aliphatic rings. The first-order chi connectivity index (χ1) is 12.5. The summed E-state index contributed by atoms with van der Waals surface area (Å²) in [7, 11) is 0. The average molecular weight is 354 g/mol. The minimum atomic E-state index is 0.222. The summed E-state index contributed by atoms with van der Waals surface area (Å²) in [5.74, 6) is 2.32. The van der Waals surface area contributed by atoms with Crippen molar-refractivity contribution in [3.8, 4) is 5.75 Å². The van der Waals surface area contributed by atoms with Gasteiger partial charge in [-0.05, 0) is 68.3 Å². The maximum atomic E-state index is 5.78. The molecule has 142 valence electrons. The summed E-state index contributed by atoms with van der Waals surface area (Å²) in [6.07, 6.45) is 3.91. The van der Waals surface area contributed by atoms with Gasteiger partial charge < -0.3 is 10.1 Å². The fourth-order valence-corrected chi connectivity index (χ4v) is 3.21. The van der Waals surface area contributed by atoms with Crippen LogP contribution in [0.5, 0.6) is 5.75 Å². The van der Waals surface area contributed by atoms with Crippen LogP contribution in [0.1, 0.15) is 64.0 Å². The predicted octanol–water partition coefficient (Wildman–Crippen LogP) is 6.17. The van der Waals surface area contributed by atoms with E-state index in [-0.39, 0.29) is 6.10 Å². The highest BCUT2D eigenvalue weighted by atomic mass is 16.5. The SMILES string of the molecule is CC(C)CCC(CCNCc1ccccc1)c1ccc(OC(C)C)cc1. The van der Waals surface area contributed by atoms with Crippen LogP contribution in [0.15, 0.2) is 54.6 Å². The number of benzene rings is 2. The fourth-order valence-electron chi connectivity index (χ4n) is 3.21. The topological polar surface area (TPSA) is 21.3 Å². The van der Waals surface area contributed by atoms with Crippen molar-refractivity contribution in [2.75, 3.05) is 6.54 Å². The summed E-state index contributed by atoms with van der Waals surface area (Å²) in [5.41, 5.74) is 2.78. The number of hydrogen-bond donors (Lipinski definition) is 1. The van der Waals surface area contributed by atoms with Crippen LogP contribution in [0.25, 0.3) is 0 Å². The van der Waals surface area contributed by atoms with Gasteiger partial charge in [-0.3, -0.25) is 0 Å². The van der Waals surface area contributed by atoms with Crippen molar-refractivity contribution in [1.29, 1.82) is 0 Å².